The summed E-state index contributed by atoms with van der Waals surface area (Å²) in [4.78, 5) is 13.8. The summed E-state index contributed by atoms with van der Waals surface area (Å²) in [5.41, 5.74) is 5.68. The lowest BCUT2D eigenvalue weighted by Crippen LogP contribution is -2.35. The van der Waals surface area contributed by atoms with Crippen molar-refractivity contribution in [3.63, 3.8) is 0 Å². The molecule has 0 aromatic carbocycles. The molecule has 0 spiro atoms. The normalized spacial score (nSPS) is 14.2. The highest BCUT2D eigenvalue weighted by molar-refractivity contribution is 5.78. The second-order valence-corrected chi connectivity index (χ2v) is 4.47. The molecule has 0 saturated heterocycles. The van der Waals surface area contributed by atoms with E-state index in [1.54, 1.807) is 6.08 Å². The predicted molar refractivity (Wildman–Crippen MR) is 69.1 cm³/mol. The highest BCUT2D eigenvalue weighted by atomic mass is 16.2. The minimum absolute atomic E-state index is 0.0960. The maximum Gasteiger partial charge on any atom is 0.225 e. The summed E-state index contributed by atoms with van der Waals surface area (Å²) in [6, 6.07) is 0.234. The van der Waals surface area contributed by atoms with Crippen molar-refractivity contribution in [2.45, 2.75) is 46.1 Å². The van der Waals surface area contributed by atoms with E-state index in [0.717, 1.165) is 25.8 Å². The van der Waals surface area contributed by atoms with E-state index in [2.05, 4.69) is 6.58 Å². The Balaban J connectivity index is 4.00. The van der Waals surface area contributed by atoms with Gasteiger partial charge in [0, 0.05) is 25.0 Å². The molecule has 0 saturated carbocycles. The Morgan fingerprint density at radius 2 is 2.06 bits per heavy atom. The zero-order valence-electron chi connectivity index (χ0n) is 10.9. The van der Waals surface area contributed by atoms with E-state index < -0.39 is 0 Å². The van der Waals surface area contributed by atoms with Crippen LogP contribution in [0.3, 0.4) is 0 Å². The summed E-state index contributed by atoms with van der Waals surface area (Å²) in [5.74, 6) is 0.325. The molecule has 16 heavy (non-hydrogen) atoms. The number of amides is 1. The van der Waals surface area contributed by atoms with E-state index in [-0.39, 0.29) is 17.9 Å². The molecule has 2 atom stereocenters. The summed E-state index contributed by atoms with van der Waals surface area (Å²) in [5, 5.41) is 0. The van der Waals surface area contributed by atoms with Gasteiger partial charge in [-0.25, -0.2) is 0 Å². The van der Waals surface area contributed by atoms with Crippen molar-refractivity contribution in [1.29, 1.82) is 0 Å². The van der Waals surface area contributed by atoms with Crippen molar-refractivity contribution in [2.24, 2.45) is 11.7 Å². The fraction of sp³-hybridized carbons (Fsp3) is 0.769. The van der Waals surface area contributed by atoms with Crippen LogP contribution in [0.5, 0.6) is 0 Å². The molecule has 0 aromatic rings. The van der Waals surface area contributed by atoms with E-state index in [1.807, 2.05) is 25.7 Å². The first-order valence-corrected chi connectivity index (χ1v) is 6.18. The molecule has 0 fully saturated rings. The number of rotatable bonds is 8. The zero-order valence-corrected chi connectivity index (χ0v) is 10.9. The molecule has 94 valence electrons. The molecule has 0 aliphatic heterocycles. The minimum atomic E-state index is 0.0960. The highest BCUT2D eigenvalue weighted by Crippen LogP contribution is 2.12. The number of nitrogens with zero attached hydrogens (tertiary/aromatic N) is 1. The molecule has 0 heterocycles. The SMILES string of the molecule is C=CCN(CC)C(=O)C(C)CCCC(C)N. The smallest absolute Gasteiger partial charge is 0.225 e. The van der Waals surface area contributed by atoms with Crippen LogP contribution in [0, 0.1) is 5.92 Å². The molecule has 0 bridgehead atoms. The van der Waals surface area contributed by atoms with Gasteiger partial charge in [-0.05, 0) is 26.7 Å². The van der Waals surface area contributed by atoms with Crippen LogP contribution in [0.1, 0.15) is 40.0 Å². The lowest BCUT2D eigenvalue weighted by Gasteiger charge is -2.23. The van der Waals surface area contributed by atoms with E-state index in [9.17, 15) is 4.79 Å². The van der Waals surface area contributed by atoms with Crippen LogP contribution in [0.2, 0.25) is 0 Å². The van der Waals surface area contributed by atoms with Gasteiger partial charge < -0.3 is 10.6 Å². The van der Waals surface area contributed by atoms with Crippen LogP contribution in [0.4, 0.5) is 0 Å². The third kappa shape index (κ3) is 5.91. The molecule has 0 rings (SSSR count). The van der Waals surface area contributed by atoms with Crippen molar-refractivity contribution < 1.29 is 4.79 Å². The molecule has 3 nitrogen and oxygen atoms in total. The zero-order chi connectivity index (χ0) is 12.6. The first-order chi connectivity index (χ1) is 7.52. The summed E-state index contributed by atoms with van der Waals surface area (Å²) in [7, 11) is 0. The summed E-state index contributed by atoms with van der Waals surface area (Å²) < 4.78 is 0. The molecule has 3 heteroatoms. The first-order valence-electron chi connectivity index (χ1n) is 6.18. The van der Waals surface area contributed by atoms with Crippen LogP contribution >= 0.6 is 0 Å². The lowest BCUT2D eigenvalue weighted by molar-refractivity contribution is -0.134. The fourth-order valence-corrected chi connectivity index (χ4v) is 1.71. The average Bonchev–Trinajstić information content (AvgIpc) is 2.24. The monoisotopic (exact) mass is 226 g/mol. The molecular formula is C13H26N2O. The van der Waals surface area contributed by atoms with Gasteiger partial charge in [0.05, 0.1) is 0 Å². The molecule has 0 radical (unpaired) electrons. The van der Waals surface area contributed by atoms with E-state index in [0.29, 0.717) is 6.54 Å². The van der Waals surface area contributed by atoms with Crippen LogP contribution in [0.25, 0.3) is 0 Å². The topological polar surface area (TPSA) is 46.3 Å². The molecule has 0 aliphatic rings. The van der Waals surface area contributed by atoms with Crippen molar-refractivity contribution in [3.8, 4) is 0 Å². The average molecular weight is 226 g/mol. The van der Waals surface area contributed by atoms with Crippen LogP contribution in [-0.4, -0.2) is 29.9 Å². The third-order valence-electron chi connectivity index (χ3n) is 2.76. The Morgan fingerprint density at radius 3 is 2.50 bits per heavy atom. The highest BCUT2D eigenvalue weighted by Gasteiger charge is 2.17. The summed E-state index contributed by atoms with van der Waals surface area (Å²) >= 11 is 0. The second-order valence-electron chi connectivity index (χ2n) is 4.47. The number of carbonyl (C=O) groups excluding carboxylic acids is 1. The Morgan fingerprint density at radius 1 is 1.44 bits per heavy atom. The molecule has 1 amide bonds. The molecular weight excluding hydrogens is 200 g/mol. The number of likely N-dealkylation sites (N-methyl/N-ethyl adjacent to an activating group) is 1. The van der Waals surface area contributed by atoms with Gasteiger partial charge in [0.2, 0.25) is 5.91 Å². The van der Waals surface area contributed by atoms with Gasteiger partial charge in [0.25, 0.3) is 0 Å². The van der Waals surface area contributed by atoms with Crippen LogP contribution in [-0.2, 0) is 4.79 Å². The van der Waals surface area contributed by atoms with E-state index >= 15 is 0 Å². The standard InChI is InChI=1S/C13H26N2O/c1-5-10-15(6-2)13(16)11(3)8-7-9-12(4)14/h5,11-12H,1,6-10,14H2,2-4H3. The third-order valence-corrected chi connectivity index (χ3v) is 2.76. The largest absolute Gasteiger partial charge is 0.339 e. The number of hydrogen-bond donors (Lipinski definition) is 1. The van der Waals surface area contributed by atoms with Gasteiger partial charge in [0.15, 0.2) is 0 Å². The van der Waals surface area contributed by atoms with Crippen molar-refractivity contribution in [2.75, 3.05) is 13.1 Å². The van der Waals surface area contributed by atoms with Gasteiger partial charge in [-0.2, -0.15) is 0 Å². The maximum atomic E-state index is 12.0. The first kappa shape index (κ1) is 15.2. The molecule has 2 unspecified atom stereocenters. The summed E-state index contributed by atoms with van der Waals surface area (Å²) in [6.07, 6.45) is 4.71. The predicted octanol–water partition coefficient (Wildman–Crippen LogP) is 2.17. The van der Waals surface area contributed by atoms with E-state index in [1.165, 1.54) is 0 Å². The Hall–Kier alpha value is -0.830. The van der Waals surface area contributed by atoms with Gasteiger partial charge in [-0.3, -0.25) is 4.79 Å². The Kier molecular flexibility index (Phi) is 7.90. The van der Waals surface area contributed by atoms with Crippen molar-refractivity contribution in [1.82, 2.24) is 4.90 Å². The fourth-order valence-electron chi connectivity index (χ4n) is 1.71. The molecule has 0 aromatic heterocycles. The van der Waals surface area contributed by atoms with Crippen molar-refractivity contribution in [3.05, 3.63) is 12.7 Å². The molecule has 0 aliphatic carbocycles. The second kappa shape index (κ2) is 8.34. The van der Waals surface area contributed by atoms with Gasteiger partial charge in [-0.15, -0.1) is 6.58 Å². The van der Waals surface area contributed by atoms with Gasteiger partial charge >= 0.3 is 0 Å². The van der Waals surface area contributed by atoms with E-state index in [4.69, 9.17) is 5.73 Å². The van der Waals surface area contributed by atoms with Crippen LogP contribution < -0.4 is 5.73 Å². The Labute approximate surface area is 99.7 Å². The van der Waals surface area contributed by atoms with Gasteiger partial charge in [-0.1, -0.05) is 19.4 Å². The van der Waals surface area contributed by atoms with Gasteiger partial charge in [0.1, 0.15) is 0 Å². The maximum absolute atomic E-state index is 12.0. The number of carbonyl (C=O) groups is 1. The number of nitrogens with two attached hydrogens (primary N) is 1. The quantitative estimate of drug-likeness (QED) is 0.645. The van der Waals surface area contributed by atoms with Crippen LogP contribution in [0.15, 0.2) is 12.7 Å². The number of hydrogen-bond acceptors (Lipinski definition) is 2. The summed E-state index contributed by atoms with van der Waals surface area (Å²) in [6.45, 7) is 11.1. The molecule has 2 N–H and O–H groups in total. The minimum Gasteiger partial charge on any atom is -0.339 e. The van der Waals surface area contributed by atoms with Crippen molar-refractivity contribution >= 4 is 5.91 Å². The Bertz CT molecular complexity index is 214. The lowest BCUT2D eigenvalue weighted by atomic mass is 10.0.